The topological polar surface area (TPSA) is 141 Å². The normalized spacial score (nSPS) is 11.5. The molecule has 1 aromatic heterocycles. The molecule has 0 aliphatic rings. The average Bonchev–Trinajstić information content (AvgIpc) is 3.23. The van der Waals surface area contributed by atoms with Crippen molar-refractivity contribution < 1.29 is 23.5 Å². The van der Waals surface area contributed by atoms with E-state index in [9.17, 15) is 18.8 Å². The van der Waals surface area contributed by atoms with Gasteiger partial charge in [0.15, 0.2) is 5.69 Å². The van der Waals surface area contributed by atoms with Gasteiger partial charge >= 0.3 is 0 Å². The zero-order valence-electron chi connectivity index (χ0n) is 18.6. The Morgan fingerprint density at radius 3 is 2.29 bits per heavy atom. The van der Waals surface area contributed by atoms with Crippen molar-refractivity contribution in [1.82, 2.24) is 14.6 Å². The second-order valence-corrected chi connectivity index (χ2v) is 8.21. The molecule has 11 heteroatoms. The molecule has 0 fully saturated rings. The number of nitrogens with zero attached hydrogens (tertiary/aromatic N) is 2. The summed E-state index contributed by atoms with van der Waals surface area (Å²) in [4.78, 5) is 39.2. The maximum Gasteiger partial charge on any atom is 0.270 e. The first-order valence-electron chi connectivity index (χ1n) is 10.2. The summed E-state index contributed by atoms with van der Waals surface area (Å²) in [5.74, 6) is -1.58. The summed E-state index contributed by atoms with van der Waals surface area (Å²) >= 11 is 0.744. The third-order valence-electron chi connectivity index (χ3n) is 5.16. The summed E-state index contributed by atoms with van der Waals surface area (Å²) in [5, 5.41) is 2.75. The number of nitrogens with two attached hydrogens (primary N) is 2. The lowest BCUT2D eigenvalue weighted by Gasteiger charge is -2.28. The van der Waals surface area contributed by atoms with Crippen molar-refractivity contribution in [2.45, 2.75) is 26.1 Å². The highest BCUT2D eigenvalue weighted by atomic mass is 32.1. The molecule has 178 valence electrons. The fourth-order valence-electron chi connectivity index (χ4n) is 3.15. The minimum atomic E-state index is -0.909. The van der Waals surface area contributed by atoms with E-state index in [4.69, 9.17) is 16.2 Å². The Morgan fingerprint density at radius 2 is 1.74 bits per heavy atom. The minimum Gasteiger partial charge on any atom is -0.497 e. The van der Waals surface area contributed by atoms with Gasteiger partial charge in [-0.2, -0.15) is 4.37 Å². The number of hydrogen-bond donors (Lipinski definition) is 3. The van der Waals surface area contributed by atoms with Crippen LogP contribution < -0.4 is 21.5 Å². The van der Waals surface area contributed by atoms with Gasteiger partial charge in [0.05, 0.1) is 12.8 Å². The number of nitrogens with one attached hydrogen (secondary N) is 1. The van der Waals surface area contributed by atoms with Crippen molar-refractivity contribution in [3.8, 4) is 5.75 Å². The molecule has 0 unspecified atom stereocenters. The molecule has 5 N–H and O–H groups in total. The van der Waals surface area contributed by atoms with Crippen molar-refractivity contribution >= 4 is 34.9 Å². The monoisotopic (exact) mass is 485 g/mol. The fraction of sp³-hybridized carbons (Fsp3) is 0.217. The van der Waals surface area contributed by atoms with Crippen LogP contribution >= 0.6 is 11.5 Å². The number of methoxy groups -OCH3 is 1. The smallest absolute Gasteiger partial charge is 0.270 e. The van der Waals surface area contributed by atoms with Crippen LogP contribution in [0.4, 0.5) is 10.1 Å². The molecule has 0 aliphatic heterocycles. The van der Waals surface area contributed by atoms with Gasteiger partial charge in [-0.1, -0.05) is 24.3 Å². The van der Waals surface area contributed by atoms with Crippen LogP contribution in [0.15, 0.2) is 48.5 Å². The zero-order valence-corrected chi connectivity index (χ0v) is 19.4. The molecular formula is C23H24FN5O4S. The molecule has 9 nitrogen and oxygen atoms in total. The van der Waals surface area contributed by atoms with E-state index in [-0.39, 0.29) is 35.2 Å². The molecule has 0 saturated carbocycles. The first-order valence-corrected chi connectivity index (χ1v) is 11.0. The Hall–Kier alpha value is -3.99. The molecule has 1 atom stereocenters. The quantitative estimate of drug-likeness (QED) is 0.425. The number of primary amides is 1. The highest BCUT2D eigenvalue weighted by Crippen LogP contribution is 2.25. The predicted octanol–water partition coefficient (Wildman–Crippen LogP) is 2.32. The van der Waals surface area contributed by atoms with Crippen molar-refractivity contribution in [2.24, 2.45) is 5.73 Å². The largest absolute Gasteiger partial charge is 0.497 e. The molecule has 0 saturated heterocycles. The van der Waals surface area contributed by atoms with E-state index in [0.29, 0.717) is 11.3 Å². The zero-order chi connectivity index (χ0) is 24.8. The molecular weight excluding hydrogens is 461 g/mol. The van der Waals surface area contributed by atoms with Gasteiger partial charge in [-0.05, 0) is 53.8 Å². The maximum atomic E-state index is 13.4. The standard InChI is InChI=1S/C23H24FN5O4S/c1-13(22(31)27-11-14-3-7-16(24)8-4-14)29(12-15-5-9-17(33-2)10-6-15)23(32)20-18(25)19(21(26)30)28-34-20/h3-10,13H,11-12,25H2,1-2H3,(H2,26,30)(H,27,31)/t13-/m1/s1. The van der Waals surface area contributed by atoms with Crippen LogP contribution in [0.5, 0.6) is 5.75 Å². The molecule has 3 aromatic rings. The number of benzene rings is 2. The molecule has 34 heavy (non-hydrogen) atoms. The van der Waals surface area contributed by atoms with Gasteiger partial charge in [-0.3, -0.25) is 14.4 Å². The predicted molar refractivity (Wildman–Crippen MR) is 126 cm³/mol. The number of amides is 3. The van der Waals surface area contributed by atoms with Crippen LogP contribution in [-0.2, 0) is 17.9 Å². The van der Waals surface area contributed by atoms with Crippen LogP contribution in [0, 0.1) is 5.82 Å². The number of aromatic nitrogens is 1. The Bertz CT molecular complexity index is 1180. The van der Waals surface area contributed by atoms with Crippen LogP contribution in [0.1, 0.15) is 38.2 Å². The summed E-state index contributed by atoms with van der Waals surface area (Å²) in [5.41, 5.74) is 12.3. The first kappa shape index (κ1) is 24.6. The van der Waals surface area contributed by atoms with Crippen LogP contribution in [0.3, 0.4) is 0 Å². The number of rotatable bonds is 9. The third-order valence-corrected chi connectivity index (χ3v) is 6.01. The first-order chi connectivity index (χ1) is 16.2. The minimum absolute atomic E-state index is 0.0143. The second kappa shape index (κ2) is 10.8. The summed E-state index contributed by atoms with van der Waals surface area (Å²) in [6.45, 7) is 1.81. The Kier molecular flexibility index (Phi) is 7.79. The van der Waals surface area contributed by atoms with Crippen LogP contribution in [-0.4, -0.2) is 40.1 Å². The number of carbonyl (C=O) groups is 3. The highest BCUT2D eigenvalue weighted by molar-refractivity contribution is 7.09. The Labute approximate surface area is 199 Å². The van der Waals surface area contributed by atoms with E-state index < -0.39 is 23.8 Å². The third kappa shape index (κ3) is 5.67. The molecule has 1 heterocycles. The average molecular weight is 486 g/mol. The van der Waals surface area contributed by atoms with Gasteiger partial charge in [-0.25, -0.2) is 4.39 Å². The summed E-state index contributed by atoms with van der Waals surface area (Å²) in [6.07, 6.45) is 0. The van der Waals surface area contributed by atoms with E-state index >= 15 is 0 Å². The molecule has 0 bridgehead atoms. The molecule has 0 aliphatic carbocycles. The molecule has 3 rings (SSSR count). The second-order valence-electron chi connectivity index (χ2n) is 7.44. The Balaban J connectivity index is 1.84. The summed E-state index contributed by atoms with van der Waals surface area (Å²) in [7, 11) is 1.54. The molecule has 3 amide bonds. The molecule has 0 radical (unpaired) electrons. The number of hydrogen-bond acceptors (Lipinski definition) is 7. The van der Waals surface area contributed by atoms with Crippen LogP contribution in [0.25, 0.3) is 0 Å². The highest BCUT2D eigenvalue weighted by Gasteiger charge is 2.31. The van der Waals surface area contributed by atoms with Crippen molar-refractivity contribution in [3.63, 3.8) is 0 Å². The fourth-order valence-corrected chi connectivity index (χ4v) is 3.91. The number of halogens is 1. The van der Waals surface area contributed by atoms with Gasteiger partial charge in [0.2, 0.25) is 5.91 Å². The van der Waals surface area contributed by atoms with E-state index in [1.54, 1.807) is 50.4 Å². The number of anilines is 1. The number of ether oxygens (including phenoxy) is 1. The molecule has 2 aromatic carbocycles. The SMILES string of the molecule is COc1ccc(CN(C(=O)c2snc(C(N)=O)c2N)[C@H](C)C(=O)NCc2ccc(F)cc2)cc1. The van der Waals surface area contributed by atoms with Gasteiger partial charge in [0.1, 0.15) is 22.5 Å². The van der Waals surface area contributed by atoms with Gasteiger partial charge in [0.25, 0.3) is 11.8 Å². The number of carbonyl (C=O) groups excluding carboxylic acids is 3. The molecule has 0 spiro atoms. The van der Waals surface area contributed by atoms with Gasteiger partial charge in [0, 0.05) is 13.1 Å². The lowest BCUT2D eigenvalue weighted by atomic mass is 10.1. The van der Waals surface area contributed by atoms with E-state index in [1.165, 1.54) is 17.0 Å². The Morgan fingerprint density at radius 1 is 1.12 bits per heavy atom. The van der Waals surface area contributed by atoms with Gasteiger partial charge < -0.3 is 26.4 Å². The van der Waals surface area contributed by atoms with Crippen LogP contribution in [0.2, 0.25) is 0 Å². The van der Waals surface area contributed by atoms with E-state index in [0.717, 1.165) is 17.1 Å². The van der Waals surface area contributed by atoms with Crippen molar-refractivity contribution in [2.75, 3.05) is 12.8 Å². The lowest BCUT2D eigenvalue weighted by Crippen LogP contribution is -2.47. The van der Waals surface area contributed by atoms with E-state index in [1.807, 2.05) is 0 Å². The van der Waals surface area contributed by atoms with E-state index in [2.05, 4.69) is 9.69 Å². The number of nitrogen functional groups attached to an aromatic ring is 1. The summed E-state index contributed by atoms with van der Waals surface area (Å²) in [6, 6.07) is 11.8. The van der Waals surface area contributed by atoms with Gasteiger partial charge in [-0.15, -0.1) is 0 Å². The summed E-state index contributed by atoms with van der Waals surface area (Å²) < 4.78 is 22.2. The lowest BCUT2D eigenvalue weighted by molar-refractivity contribution is -0.125. The maximum absolute atomic E-state index is 13.4. The van der Waals surface area contributed by atoms with Crippen molar-refractivity contribution in [1.29, 1.82) is 0 Å². The van der Waals surface area contributed by atoms with Crippen molar-refractivity contribution in [3.05, 3.63) is 76.0 Å².